The lowest BCUT2D eigenvalue weighted by Crippen LogP contribution is -2.35. The highest BCUT2D eigenvalue weighted by atomic mass is 79.9. The quantitative estimate of drug-likeness (QED) is 0.600. The number of nitrogens with zero attached hydrogens (tertiary/aromatic N) is 1. The molecule has 0 spiro atoms. The second kappa shape index (κ2) is 7.58. The number of rotatable bonds is 7. The Labute approximate surface area is 149 Å². The summed E-state index contributed by atoms with van der Waals surface area (Å²) in [5.41, 5.74) is 0. The number of hydrogen-bond donors (Lipinski definition) is 0. The fourth-order valence-corrected chi connectivity index (χ4v) is 3.78. The smallest absolute Gasteiger partial charge is 0.224 e. The summed E-state index contributed by atoms with van der Waals surface area (Å²) in [6.45, 7) is 2.05. The molecule has 0 N–H and O–H groups in total. The van der Waals surface area contributed by atoms with Crippen LogP contribution in [0.2, 0.25) is 0 Å². The molecule has 23 heavy (non-hydrogen) atoms. The van der Waals surface area contributed by atoms with E-state index in [0.717, 1.165) is 28.8 Å². The molecule has 1 heterocycles. The van der Waals surface area contributed by atoms with Gasteiger partial charge >= 0.3 is 0 Å². The van der Waals surface area contributed by atoms with Gasteiger partial charge in [-0.05, 0) is 56.2 Å². The number of thioether (sulfide) groups is 1. The summed E-state index contributed by atoms with van der Waals surface area (Å²) >= 11 is 5.16. The van der Waals surface area contributed by atoms with Gasteiger partial charge in [-0.15, -0.1) is 11.8 Å². The molecule has 2 aromatic rings. The highest BCUT2D eigenvalue weighted by Gasteiger charge is 2.36. The van der Waals surface area contributed by atoms with Gasteiger partial charge in [-0.1, -0.05) is 15.9 Å². The average molecular weight is 394 g/mol. The Morgan fingerprint density at radius 2 is 2.09 bits per heavy atom. The van der Waals surface area contributed by atoms with Crippen molar-refractivity contribution >= 4 is 33.6 Å². The molecule has 3 nitrogen and oxygen atoms in total. The van der Waals surface area contributed by atoms with E-state index in [1.165, 1.54) is 4.90 Å². The van der Waals surface area contributed by atoms with Crippen LogP contribution >= 0.6 is 27.7 Å². The van der Waals surface area contributed by atoms with Gasteiger partial charge in [-0.2, -0.15) is 0 Å². The van der Waals surface area contributed by atoms with E-state index in [-0.39, 0.29) is 11.9 Å². The summed E-state index contributed by atoms with van der Waals surface area (Å²) in [5.74, 6) is 1.89. The predicted octanol–water partition coefficient (Wildman–Crippen LogP) is 5.28. The Morgan fingerprint density at radius 1 is 1.35 bits per heavy atom. The minimum atomic E-state index is 0.0164. The molecule has 0 bridgehead atoms. The molecule has 1 atom stereocenters. The zero-order chi connectivity index (χ0) is 16.2. The van der Waals surface area contributed by atoms with Gasteiger partial charge < -0.3 is 9.32 Å². The SMILES string of the molecule is CC(c1ccco1)N(C(=O)CCSc1ccc(Br)cc1)C1CC1. The minimum Gasteiger partial charge on any atom is -0.467 e. The largest absolute Gasteiger partial charge is 0.467 e. The van der Waals surface area contributed by atoms with E-state index in [1.807, 2.05) is 29.2 Å². The molecular weight excluding hydrogens is 374 g/mol. The molecule has 1 unspecified atom stereocenters. The minimum absolute atomic E-state index is 0.0164. The summed E-state index contributed by atoms with van der Waals surface area (Å²) < 4.78 is 6.56. The third kappa shape index (κ3) is 4.42. The number of furan rings is 1. The van der Waals surface area contributed by atoms with Crippen LogP contribution in [0.3, 0.4) is 0 Å². The van der Waals surface area contributed by atoms with Crippen molar-refractivity contribution in [3.05, 3.63) is 52.9 Å². The number of benzene rings is 1. The van der Waals surface area contributed by atoms with E-state index in [4.69, 9.17) is 4.42 Å². The van der Waals surface area contributed by atoms with Crippen LogP contribution in [0.5, 0.6) is 0 Å². The Morgan fingerprint density at radius 3 is 2.70 bits per heavy atom. The highest BCUT2D eigenvalue weighted by Crippen LogP contribution is 2.35. The van der Waals surface area contributed by atoms with Crippen molar-refractivity contribution in [2.75, 3.05) is 5.75 Å². The van der Waals surface area contributed by atoms with Gasteiger partial charge in [0, 0.05) is 27.6 Å². The monoisotopic (exact) mass is 393 g/mol. The summed E-state index contributed by atoms with van der Waals surface area (Å²) in [5, 5.41) is 0. The second-order valence-corrected chi connectivity index (χ2v) is 7.86. The first-order valence-electron chi connectivity index (χ1n) is 7.88. The molecule has 122 valence electrons. The van der Waals surface area contributed by atoms with Crippen molar-refractivity contribution in [2.24, 2.45) is 0 Å². The van der Waals surface area contributed by atoms with Crippen LogP contribution in [0.4, 0.5) is 0 Å². The van der Waals surface area contributed by atoms with Crippen molar-refractivity contribution < 1.29 is 9.21 Å². The van der Waals surface area contributed by atoms with Crippen LogP contribution in [0, 0.1) is 0 Å². The number of carbonyl (C=O) groups excluding carboxylic acids is 1. The molecular formula is C18H20BrNO2S. The van der Waals surface area contributed by atoms with E-state index in [9.17, 15) is 4.79 Å². The van der Waals surface area contributed by atoms with Crippen molar-refractivity contribution in [3.63, 3.8) is 0 Å². The number of amides is 1. The van der Waals surface area contributed by atoms with Gasteiger partial charge in [0.05, 0.1) is 12.3 Å². The molecule has 0 aliphatic heterocycles. The van der Waals surface area contributed by atoms with Crippen LogP contribution in [-0.4, -0.2) is 22.6 Å². The van der Waals surface area contributed by atoms with Crippen LogP contribution in [0.1, 0.15) is 38.0 Å². The summed E-state index contributed by atoms with van der Waals surface area (Å²) in [6, 6.07) is 12.4. The number of halogens is 1. The molecule has 1 aromatic heterocycles. The van der Waals surface area contributed by atoms with Gasteiger partial charge in [0.15, 0.2) is 0 Å². The van der Waals surface area contributed by atoms with Gasteiger partial charge in [0.25, 0.3) is 0 Å². The van der Waals surface area contributed by atoms with Gasteiger partial charge in [-0.3, -0.25) is 4.79 Å². The van der Waals surface area contributed by atoms with Crippen molar-refractivity contribution in [1.29, 1.82) is 0 Å². The van der Waals surface area contributed by atoms with E-state index in [0.29, 0.717) is 12.5 Å². The molecule has 1 aliphatic rings. The van der Waals surface area contributed by atoms with Crippen LogP contribution in [-0.2, 0) is 4.79 Å². The van der Waals surface area contributed by atoms with Gasteiger partial charge in [-0.25, -0.2) is 0 Å². The molecule has 0 radical (unpaired) electrons. The van der Waals surface area contributed by atoms with Crippen molar-refractivity contribution in [2.45, 2.75) is 43.2 Å². The van der Waals surface area contributed by atoms with E-state index >= 15 is 0 Å². The summed E-state index contributed by atoms with van der Waals surface area (Å²) in [7, 11) is 0. The second-order valence-electron chi connectivity index (χ2n) is 5.78. The van der Waals surface area contributed by atoms with E-state index in [2.05, 4.69) is 35.0 Å². The van der Waals surface area contributed by atoms with E-state index < -0.39 is 0 Å². The van der Waals surface area contributed by atoms with Crippen molar-refractivity contribution in [1.82, 2.24) is 4.90 Å². The molecule has 1 aliphatic carbocycles. The molecule has 0 saturated heterocycles. The maximum absolute atomic E-state index is 12.7. The summed E-state index contributed by atoms with van der Waals surface area (Å²) in [4.78, 5) is 15.9. The molecule has 5 heteroatoms. The maximum atomic E-state index is 12.7. The lowest BCUT2D eigenvalue weighted by molar-refractivity contribution is -0.133. The molecule has 1 fully saturated rings. The zero-order valence-corrected chi connectivity index (χ0v) is 15.5. The predicted molar refractivity (Wildman–Crippen MR) is 96.5 cm³/mol. The molecule has 1 amide bonds. The van der Waals surface area contributed by atoms with Gasteiger partial charge in [0.1, 0.15) is 5.76 Å². The lowest BCUT2D eigenvalue weighted by Gasteiger charge is -2.28. The molecule has 3 rings (SSSR count). The lowest BCUT2D eigenvalue weighted by atomic mass is 10.2. The normalized spacial score (nSPS) is 15.4. The fourth-order valence-electron chi connectivity index (χ4n) is 2.67. The third-order valence-electron chi connectivity index (χ3n) is 4.00. The third-order valence-corrected chi connectivity index (χ3v) is 5.54. The standard InChI is InChI=1S/C18H20BrNO2S/c1-13(17-3-2-11-22-17)20(15-6-7-15)18(21)10-12-23-16-8-4-14(19)5-9-16/h2-5,8-9,11,13,15H,6-7,10,12H2,1H3. The first-order valence-corrected chi connectivity index (χ1v) is 9.66. The van der Waals surface area contributed by atoms with Crippen LogP contribution < -0.4 is 0 Å². The molecule has 1 saturated carbocycles. The molecule has 1 aromatic carbocycles. The number of carbonyl (C=O) groups is 1. The summed E-state index contributed by atoms with van der Waals surface area (Å²) in [6.07, 6.45) is 4.44. The van der Waals surface area contributed by atoms with E-state index in [1.54, 1.807) is 18.0 Å². The maximum Gasteiger partial charge on any atom is 0.224 e. The number of hydrogen-bond acceptors (Lipinski definition) is 3. The first-order chi connectivity index (χ1) is 11.1. The fraction of sp³-hybridized carbons (Fsp3) is 0.389. The average Bonchev–Trinajstić information content (AvgIpc) is 3.21. The Bertz CT molecular complexity index is 638. The van der Waals surface area contributed by atoms with Crippen molar-refractivity contribution in [3.8, 4) is 0 Å². The topological polar surface area (TPSA) is 33.5 Å². The van der Waals surface area contributed by atoms with Crippen LogP contribution in [0.25, 0.3) is 0 Å². The zero-order valence-electron chi connectivity index (χ0n) is 13.1. The Kier molecular flexibility index (Phi) is 5.49. The Hall–Kier alpha value is -1.20. The Balaban J connectivity index is 1.55. The van der Waals surface area contributed by atoms with Gasteiger partial charge in [0.2, 0.25) is 5.91 Å². The highest BCUT2D eigenvalue weighted by molar-refractivity contribution is 9.10. The van der Waals surface area contributed by atoms with Crippen LogP contribution in [0.15, 0.2) is 56.4 Å². The first kappa shape index (κ1) is 16.7.